The molecule has 0 aliphatic rings. The third-order valence-electron chi connectivity index (χ3n) is 4.17. The number of carbonyl (C=O) groups excluding carboxylic acids is 1. The third-order valence-corrected chi connectivity index (χ3v) is 6.73. The van der Waals surface area contributed by atoms with Gasteiger partial charge >= 0.3 is 7.60 Å². The molecule has 1 amide bonds. The minimum absolute atomic E-state index is 0.138. The number of carbonyl (C=O) groups is 1. The van der Waals surface area contributed by atoms with E-state index in [1.807, 2.05) is 0 Å². The molecule has 0 unspecified atom stereocenters. The number of rotatable bonds is 8. The van der Waals surface area contributed by atoms with Gasteiger partial charge in [-0.2, -0.15) is 0 Å². The van der Waals surface area contributed by atoms with Crippen LogP contribution in [0.4, 0.5) is 10.1 Å². The van der Waals surface area contributed by atoms with Gasteiger partial charge in [0.25, 0.3) is 0 Å². The summed E-state index contributed by atoms with van der Waals surface area (Å²) in [5, 5.41) is 6.80. The van der Waals surface area contributed by atoms with Gasteiger partial charge < -0.3 is 14.4 Å². The van der Waals surface area contributed by atoms with Gasteiger partial charge in [-0.25, -0.2) is 4.39 Å². The van der Waals surface area contributed by atoms with E-state index in [1.165, 1.54) is 32.4 Å². The van der Waals surface area contributed by atoms with Gasteiger partial charge in [-0.15, -0.1) is 5.10 Å². The van der Waals surface area contributed by atoms with Crippen molar-refractivity contribution in [2.45, 2.75) is 6.16 Å². The highest BCUT2D eigenvalue weighted by atomic mass is 32.1. The van der Waals surface area contributed by atoms with Crippen LogP contribution in [0.25, 0.3) is 17.3 Å². The van der Waals surface area contributed by atoms with E-state index in [4.69, 9.17) is 9.05 Å². The zero-order chi connectivity index (χ0) is 21.6. The molecule has 10 heteroatoms. The van der Waals surface area contributed by atoms with Crippen molar-refractivity contribution in [3.63, 3.8) is 0 Å². The second-order valence-electron chi connectivity index (χ2n) is 6.15. The molecule has 3 aromatic rings. The molecule has 30 heavy (non-hydrogen) atoms. The molecule has 1 heterocycles. The molecule has 0 spiro atoms. The Balaban J connectivity index is 1.64. The molecule has 7 nitrogen and oxygen atoms in total. The van der Waals surface area contributed by atoms with Gasteiger partial charge in [-0.1, -0.05) is 16.6 Å². The number of nitrogens with one attached hydrogen (secondary N) is 1. The summed E-state index contributed by atoms with van der Waals surface area (Å²) in [6.07, 6.45) is 3.12. The average molecular weight is 447 g/mol. The van der Waals surface area contributed by atoms with Crippen molar-refractivity contribution in [1.29, 1.82) is 0 Å². The van der Waals surface area contributed by atoms with Crippen molar-refractivity contribution in [3.05, 3.63) is 70.9 Å². The second kappa shape index (κ2) is 9.86. The van der Waals surface area contributed by atoms with Gasteiger partial charge in [0.05, 0.1) is 11.0 Å². The summed E-state index contributed by atoms with van der Waals surface area (Å²) in [7, 11) is -0.470. The standard InChI is InChI=1S/C20H19FN3O4PS/c1-27-29(26,28-2)13-14-3-9-17(10-4-14)22-19(25)12-11-18-20(23-24-30-18)15-5-7-16(21)8-6-15/h3-12H,13H2,1-2H3,(H,22,25)/b12-11+. The van der Waals surface area contributed by atoms with Crippen molar-refractivity contribution in [2.24, 2.45) is 0 Å². The molecule has 2 aromatic carbocycles. The Labute approximate surface area is 177 Å². The van der Waals surface area contributed by atoms with Crippen LogP contribution in [0.5, 0.6) is 0 Å². The fourth-order valence-corrected chi connectivity index (χ4v) is 4.22. The topological polar surface area (TPSA) is 90.4 Å². The van der Waals surface area contributed by atoms with E-state index in [2.05, 4.69) is 14.9 Å². The summed E-state index contributed by atoms with van der Waals surface area (Å²) in [6.45, 7) is 0. The van der Waals surface area contributed by atoms with E-state index >= 15 is 0 Å². The van der Waals surface area contributed by atoms with Crippen molar-refractivity contribution in [1.82, 2.24) is 9.59 Å². The molecule has 0 aliphatic carbocycles. The lowest BCUT2D eigenvalue weighted by atomic mass is 10.1. The predicted octanol–water partition coefficient (Wildman–Crippen LogP) is 4.98. The average Bonchev–Trinajstić information content (AvgIpc) is 3.23. The molecule has 0 aliphatic heterocycles. The normalized spacial score (nSPS) is 11.7. The molecule has 0 fully saturated rings. The Morgan fingerprint density at radius 3 is 2.43 bits per heavy atom. The maximum atomic E-state index is 13.1. The highest BCUT2D eigenvalue weighted by Gasteiger charge is 2.21. The Kier molecular flexibility index (Phi) is 7.23. The lowest BCUT2D eigenvalue weighted by Gasteiger charge is -2.13. The maximum absolute atomic E-state index is 13.1. The first-order valence-electron chi connectivity index (χ1n) is 8.79. The van der Waals surface area contributed by atoms with Crippen LogP contribution < -0.4 is 5.32 Å². The molecule has 0 saturated heterocycles. The summed E-state index contributed by atoms with van der Waals surface area (Å²) < 4.78 is 39.0. The molecule has 0 saturated carbocycles. The van der Waals surface area contributed by atoms with Crippen LogP contribution >= 0.6 is 19.1 Å². The molecule has 0 radical (unpaired) electrons. The second-order valence-corrected chi connectivity index (χ2v) is 9.20. The number of halogens is 1. The van der Waals surface area contributed by atoms with E-state index in [0.29, 0.717) is 21.8 Å². The Hall–Kier alpha value is -2.71. The SMILES string of the molecule is COP(=O)(Cc1ccc(NC(=O)/C=C/c2snnc2-c2ccc(F)cc2)cc1)OC. The first-order chi connectivity index (χ1) is 14.4. The van der Waals surface area contributed by atoms with Gasteiger partial charge in [0, 0.05) is 31.5 Å². The molecular weight excluding hydrogens is 428 g/mol. The van der Waals surface area contributed by atoms with Gasteiger partial charge in [0.1, 0.15) is 11.5 Å². The largest absolute Gasteiger partial charge is 0.334 e. The number of anilines is 1. The lowest BCUT2D eigenvalue weighted by Crippen LogP contribution is -2.07. The van der Waals surface area contributed by atoms with Crippen LogP contribution in [0.1, 0.15) is 10.4 Å². The van der Waals surface area contributed by atoms with E-state index < -0.39 is 7.60 Å². The highest BCUT2D eigenvalue weighted by molar-refractivity contribution is 7.52. The number of benzene rings is 2. The van der Waals surface area contributed by atoms with Crippen LogP contribution in [0.15, 0.2) is 54.6 Å². The van der Waals surface area contributed by atoms with Crippen LogP contribution in [0, 0.1) is 5.82 Å². The summed E-state index contributed by atoms with van der Waals surface area (Å²) in [5.74, 6) is -0.669. The zero-order valence-electron chi connectivity index (χ0n) is 16.2. The molecule has 1 N–H and O–H groups in total. The summed E-state index contributed by atoms with van der Waals surface area (Å²) in [5.41, 5.74) is 2.63. The Morgan fingerprint density at radius 1 is 1.13 bits per heavy atom. The van der Waals surface area contributed by atoms with Gasteiger partial charge in [-0.3, -0.25) is 9.36 Å². The maximum Gasteiger partial charge on any atom is 0.334 e. The van der Waals surface area contributed by atoms with Gasteiger partial charge in [0.15, 0.2) is 0 Å². The van der Waals surface area contributed by atoms with Crippen LogP contribution in [0.2, 0.25) is 0 Å². The molecule has 0 atom stereocenters. The predicted molar refractivity (Wildman–Crippen MR) is 115 cm³/mol. The number of aromatic nitrogens is 2. The van der Waals surface area contributed by atoms with E-state index in [1.54, 1.807) is 42.5 Å². The molecule has 0 bridgehead atoms. The number of nitrogens with zero attached hydrogens (tertiary/aromatic N) is 2. The van der Waals surface area contributed by atoms with Gasteiger partial charge in [0.2, 0.25) is 5.91 Å². The lowest BCUT2D eigenvalue weighted by molar-refractivity contribution is -0.111. The smallest absolute Gasteiger partial charge is 0.323 e. The van der Waals surface area contributed by atoms with Crippen molar-refractivity contribution < 1.29 is 22.8 Å². The van der Waals surface area contributed by atoms with Crippen molar-refractivity contribution in [2.75, 3.05) is 19.5 Å². The summed E-state index contributed by atoms with van der Waals surface area (Å²) >= 11 is 1.14. The van der Waals surface area contributed by atoms with Crippen LogP contribution in [0.3, 0.4) is 0 Å². The number of amides is 1. The van der Waals surface area contributed by atoms with E-state index in [0.717, 1.165) is 17.1 Å². The Bertz CT molecular complexity index is 1080. The third kappa shape index (κ3) is 5.67. The summed E-state index contributed by atoms with van der Waals surface area (Å²) in [6, 6.07) is 12.8. The fourth-order valence-electron chi connectivity index (χ4n) is 2.57. The fraction of sp³-hybridized carbons (Fsp3) is 0.150. The monoisotopic (exact) mass is 447 g/mol. The quantitative estimate of drug-likeness (QED) is 0.387. The highest BCUT2D eigenvalue weighted by Crippen LogP contribution is 2.49. The number of hydrogen-bond donors (Lipinski definition) is 1. The first-order valence-corrected chi connectivity index (χ1v) is 11.3. The summed E-state index contributed by atoms with van der Waals surface area (Å²) in [4.78, 5) is 12.9. The zero-order valence-corrected chi connectivity index (χ0v) is 18.0. The van der Waals surface area contributed by atoms with E-state index in [-0.39, 0.29) is 17.9 Å². The first kappa shape index (κ1) is 22.0. The molecule has 1 aromatic heterocycles. The van der Waals surface area contributed by atoms with Crippen LogP contribution in [-0.4, -0.2) is 29.7 Å². The number of hydrogen-bond acceptors (Lipinski definition) is 7. The van der Waals surface area contributed by atoms with Crippen molar-refractivity contribution >= 4 is 36.8 Å². The van der Waals surface area contributed by atoms with Gasteiger partial charge in [-0.05, 0) is 59.6 Å². The molecule has 156 valence electrons. The van der Waals surface area contributed by atoms with Crippen molar-refractivity contribution in [3.8, 4) is 11.3 Å². The minimum Gasteiger partial charge on any atom is -0.323 e. The molecule has 3 rings (SSSR count). The minimum atomic E-state index is -3.15. The molecular formula is C20H19FN3O4PS. The van der Waals surface area contributed by atoms with Crippen LogP contribution in [-0.2, 0) is 24.6 Å². The Morgan fingerprint density at radius 2 is 1.80 bits per heavy atom. The van der Waals surface area contributed by atoms with E-state index in [9.17, 15) is 13.8 Å².